The van der Waals surface area contributed by atoms with Gasteiger partial charge in [-0.15, -0.1) is 0 Å². The molecule has 2 atom stereocenters. The predicted octanol–water partition coefficient (Wildman–Crippen LogP) is -0.896. The third kappa shape index (κ3) is 4.00. The number of aliphatic carboxylic acids is 1. The van der Waals surface area contributed by atoms with Crippen LogP contribution < -0.4 is 5.48 Å². The second kappa shape index (κ2) is 5.65. The Hall–Kier alpha value is -0.950. The molecule has 1 amide bonds. The molecule has 3 N–H and O–H groups in total. The van der Waals surface area contributed by atoms with Crippen molar-refractivity contribution in [3.63, 3.8) is 0 Å². The highest BCUT2D eigenvalue weighted by Gasteiger charge is 2.24. The van der Waals surface area contributed by atoms with Crippen LogP contribution in [0.4, 0.5) is 0 Å². The number of amides is 1. The standard InChI is InChI=1S/C6H11NO5S/c1-2-4(6(10)7-11)13(12)3-5(8)9/h4,11H,2-3H2,1H3,(H,7,10)(H,8,9). The monoisotopic (exact) mass is 209 g/mol. The van der Waals surface area contributed by atoms with Gasteiger partial charge in [0.2, 0.25) is 0 Å². The minimum atomic E-state index is -1.79. The van der Waals surface area contributed by atoms with Gasteiger partial charge < -0.3 is 5.11 Å². The quantitative estimate of drug-likeness (QED) is 0.402. The number of hydrogen-bond donors (Lipinski definition) is 3. The summed E-state index contributed by atoms with van der Waals surface area (Å²) >= 11 is 0. The first-order valence-electron chi connectivity index (χ1n) is 3.55. The normalized spacial score (nSPS) is 14.6. The Morgan fingerprint density at radius 1 is 1.54 bits per heavy atom. The van der Waals surface area contributed by atoms with Gasteiger partial charge in [-0.3, -0.25) is 19.0 Å². The molecular weight excluding hydrogens is 198 g/mol. The van der Waals surface area contributed by atoms with Crippen LogP contribution in [0, 0.1) is 0 Å². The van der Waals surface area contributed by atoms with E-state index in [1.807, 2.05) is 0 Å². The minimum absolute atomic E-state index is 0.215. The van der Waals surface area contributed by atoms with Gasteiger partial charge in [-0.1, -0.05) is 6.92 Å². The van der Waals surface area contributed by atoms with E-state index in [2.05, 4.69) is 0 Å². The summed E-state index contributed by atoms with van der Waals surface area (Å²) in [6.45, 7) is 1.58. The van der Waals surface area contributed by atoms with Crippen molar-refractivity contribution < 1.29 is 24.1 Å². The van der Waals surface area contributed by atoms with Crippen molar-refractivity contribution in [1.29, 1.82) is 0 Å². The molecule has 76 valence electrons. The molecule has 2 unspecified atom stereocenters. The average molecular weight is 209 g/mol. The Morgan fingerprint density at radius 3 is 2.38 bits per heavy atom. The van der Waals surface area contributed by atoms with Crippen LogP contribution in [0.2, 0.25) is 0 Å². The lowest BCUT2D eigenvalue weighted by molar-refractivity contribution is -0.133. The molecule has 0 aromatic rings. The summed E-state index contributed by atoms with van der Waals surface area (Å²) in [7, 11) is -1.79. The highest BCUT2D eigenvalue weighted by atomic mass is 32.2. The molecule has 0 aromatic carbocycles. The van der Waals surface area contributed by atoms with Crippen molar-refractivity contribution in [3.05, 3.63) is 0 Å². The lowest BCUT2D eigenvalue weighted by atomic mass is 10.3. The molecule has 0 heterocycles. The molecule has 0 saturated heterocycles. The third-order valence-electron chi connectivity index (χ3n) is 1.36. The van der Waals surface area contributed by atoms with E-state index in [4.69, 9.17) is 10.3 Å². The van der Waals surface area contributed by atoms with E-state index < -0.39 is 33.7 Å². The summed E-state index contributed by atoms with van der Waals surface area (Å²) in [5, 5.41) is 15.6. The molecular formula is C6H11NO5S. The van der Waals surface area contributed by atoms with Gasteiger partial charge in [0.05, 0.1) is 0 Å². The van der Waals surface area contributed by atoms with E-state index in [0.29, 0.717) is 0 Å². The van der Waals surface area contributed by atoms with E-state index in [1.165, 1.54) is 5.48 Å². The van der Waals surface area contributed by atoms with Gasteiger partial charge >= 0.3 is 5.97 Å². The zero-order chi connectivity index (χ0) is 10.4. The number of carbonyl (C=O) groups is 2. The Morgan fingerprint density at radius 2 is 2.08 bits per heavy atom. The minimum Gasteiger partial charge on any atom is -0.481 e. The third-order valence-corrected chi connectivity index (χ3v) is 3.07. The molecule has 6 nitrogen and oxygen atoms in total. The van der Waals surface area contributed by atoms with Gasteiger partial charge in [0, 0.05) is 10.8 Å². The summed E-state index contributed by atoms with van der Waals surface area (Å²) in [5.41, 5.74) is 1.35. The fourth-order valence-corrected chi connectivity index (χ4v) is 1.89. The molecule has 7 heteroatoms. The Bertz CT molecular complexity index is 229. The number of rotatable bonds is 5. The fourth-order valence-electron chi connectivity index (χ4n) is 0.785. The van der Waals surface area contributed by atoms with E-state index >= 15 is 0 Å². The molecule has 0 spiro atoms. The Labute approximate surface area is 77.4 Å². The maximum atomic E-state index is 11.1. The molecule has 0 aliphatic rings. The first-order valence-corrected chi connectivity index (χ1v) is 4.94. The van der Waals surface area contributed by atoms with Crippen molar-refractivity contribution in [2.24, 2.45) is 0 Å². The molecule has 0 bridgehead atoms. The van der Waals surface area contributed by atoms with Gasteiger partial charge in [0.15, 0.2) is 0 Å². The number of carboxylic acid groups (broad SMARTS) is 1. The van der Waals surface area contributed by atoms with Gasteiger partial charge in [-0.05, 0) is 6.42 Å². The highest BCUT2D eigenvalue weighted by molar-refractivity contribution is 7.87. The molecule has 0 saturated carbocycles. The lowest BCUT2D eigenvalue weighted by Gasteiger charge is -2.09. The summed E-state index contributed by atoms with van der Waals surface area (Å²) < 4.78 is 11.1. The fraction of sp³-hybridized carbons (Fsp3) is 0.667. The van der Waals surface area contributed by atoms with Crippen molar-refractivity contribution in [2.45, 2.75) is 18.6 Å². The van der Waals surface area contributed by atoms with Crippen LogP contribution in [0.3, 0.4) is 0 Å². The van der Waals surface area contributed by atoms with E-state index in [9.17, 15) is 13.8 Å². The van der Waals surface area contributed by atoms with Crippen LogP contribution in [0.5, 0.6) is 0 Å². The van der Waals surface area contributed by atoms with Crippen molar-refractivity contribution in [3.8, 4) is 0 Å². The van der Waals surface area contributed by atoms with E-state index in [-0.39, 0.29) is 6.42 Å². The van der Waals surface area contributed by atoms with Gasteiger partial charge in [-0.25, -0.2) is 5.48 Å². The van der Waals surface area contributed by atoms with Gasteiger partial charge in [0.25, 0.3) is 5.91 Å². The maximum Gasteiger partial charge on any atom is 0.316 e. The average Bonchev–Trinajstić information content (AvgIpc) is 2.03. The first kappa shape index (κ1) is 12.0. The van der Waals surface area contributed by atoms with Crippen LogP contribution in [0.15, 0.2) is 0 Å². The zero-order valence-corrected chi connectivity index (χ0v) is 7.84. The van der Waals surface area contributed by atoms with E-state index in [0.717, 1.165) is 0 Å². The predicted molar refractivity (Wildman–Crippen MR) is 44.7 cm³/mol. The molecule has 0 aromatic heterocycles. The summed E-state index contributed by atoms with van der Waals surface area (Å²) in [5.74, 6) is -2.64. The molecule has 0 radical (unpaired) electrons. The Balaban J connectivity index is 4.31. The topological polar surface area (TPSA) is 104 Å². The summed E-state index contributed by atoms with van der Waals surface area (Å²) in [6, 6.07) is 0. The van der Waals surface area contributed by atoms with Crippen LogP contribution in [0.25, 0.3) is 0 Å². The maximum absolute atomic E-state index is 11.1. The van der Waals surface area contributed by atoms with Crippen molar-refractivity contribution in [2.75, 3.05) is 5.75 Å². The summed E-state index contributed by atoms with van der Waals surface area (Å²) in [6.07, 6.45) is 0.215. The molecule has 0 aliphatic heterocycles. The SMILES string of the molecule is CCC(C(=O)NO)S(=O)CC(=O)O. The first-order chi connectivity index (χ1) is 6.02. The lowest BCUT2D eigenvalue weighted by Crippen LogP contribution is -2.37. The molecule has 0 aliphatic carbocycles. The zero-order valence-electron chi connectivity index (χ0n) is 7.02. The molecule has 0 rings (SSSR count). The molecule has 0 fully saturated rings. The number of nitrogens with one attached hydrogen (secondary N) is 1. The number of hydroxylamine groups is 1. The van der Waals surface area contributed by atoms with Crippen LogP contribution >= 0.6 is 0 Å². The highest BCUT2D eigenvalue weighted by Crippen LogP contribution is 2.02. The van der Waals surface area contributed by atoms with Gasteiger partial charge in [-0.2, -0.15) is 0 Å². The Kier molecular flexibility index (Phi) is 5.24. The van der Waals surface area contributed by atoms with Crippen molar-refractivity contribution >= 4 is 22.7 Å². The number of carbonyl (C=O) groups excluding carboxylic acids is 1. The number of hydrogen-bond acceptors (Lipinski definition) is 4. The van der Waals surface area contributed by atoms with Crippen molar-refractivity contribution in [1.82, 2.24) is 5.48 Å². The van der Waals surface area contributed by atoms with Gasteiger partial charge in [0.1, 0.15) is 11.0 Å². The smallest absolute Gasteiger partial charge is 0.316 e. The second-order valence-corrected chi connectivity index (χ2v) is 3.91. The summed E-state index contributed by atoms with van der Waals surface area (Å²) in [4.78, 5) is 21.0. The second-order valence-electron chi connectivity index (χ2n) is 2.29. The largest absolute Gasteiger partial charge is 0.481 e. The van der Waals surface area contributed by atoms with E-state index in [1.54, 1.807) is 6.92 Å². The van der Waals surface area contributed by atoms with Crippen LogP contribution in [-0.2, 0) is 20.4 Å². The van der Waals surface area contributed by atoms with Crippen LogP contribution in [-0.4, -0.2) is 37.4 Å². The van der Waals surface area contributed by atoms with Crippen LogP contribution in [0.1, 0.15) is 13.3 Å². The number of carboxylic acids is 1. The molecule has 13 heavy (non-hydrogen) atoms.